The first kappa shape index (κ1) is 13.6. The van der Waals surface area contributed by atoms with Crippen LogP contribution in [-0.2, 0) is 11.3 Å². The molecular weight excluding hydrogens is 226 g/mol. The average molecular weight is 242 g/mol. The lowest BCUT2D eigenvalue weighted by molar-refractivity contribution is -0.120. The molecule has 0 aliphatic rings. The fraction of sp³-hybridized carbons (Fsp3) is 0.417. The van der Waals surface area contributed by atoms with Gasteiger partial charge < -0.3 is 10.6 Å². The van der Waals surface area contributed by atoms with Crippen molar-refractivity contribution in [3.63, 3.8) is 0 Å². The average Bonchev–Trinajstić information content (AvgIpc) is 2.30. The number of hydrogen-bond donors (Lipinski definition) is 2. The molecule has 5 heteroatoms. The lowest BCUT2D eigenvalue weighted by atomic mass is 10.1. The molecule has 0 aromatic heterocycles. The number of rotatable bonds is 6. The number of carbonyl (C=O) groups is 1. The summed E-state index contributed by atoms with van der Waals surface area (Å²) in [6.07, 6.45) is -2.44. The number of nitrogens with one attached hydrogen (secondary N) is 2. The van der Waals surface area contributed by atoms with Crippen LogP contribution in [-0.4, -0.2) is 19.0 Å². The Labute approximate surface area is 99.2 Å². The lowest BCUT2D eigenvalue weighted by Crippen LogP contribution is -2.33. The Balaban J connectivity index is 2.35. The van der Waals surface area contributed by atoms with E-state index in [9.17, 15) is 13.6 Å². The Bertz CT molecular complexity index is 352. The molecule has 3 nitrogen and oxygen atoms in total. The van der Waals surface area contributed by atoms with Crippen molar-refractivity contribution in [1.82, 2.24) is 10.6 Å². The van der Waals surface area contributed by atoms with Crippen LogP contribution in [0.25, 0.3) is 0 Å². The monoisotopic (exact) mass is 242 g/mol. The van der Waals surface area contributed by atoms with Gasteiger partial charge in [-0.1, -0.05) is 24.3 Å². The van der Waals surface area contributed by atoms with Crippen molar-refractivity contribution in [3.8, 4) is 0 Å². The molecule has 0 bridgehead atoms. The summed E-state index contributed by atoms with van der Waals surface area (Å²) in [4.78, 5) is 11.1. The minimum absolute atomic E-state index is 0.0116. The highest BCUT2D eigenvalue weighted by atomic mass is 19.3. The van der Waals surface area contributed by atoms with Gasteiger partial charge in [-0.2, -0.15) is 0 Å². The summed E-state index contributed by atoms with van der Waals surface area (Å²) in [5.41, 5.74) is 0.885. The maximum absolute atomic E-state index is 12.3. The molecule has 17 heavy (non-hydrogen) atoms. The molecule has 0 saturated carbocycles. The zero-order valence-electron chi connectivity index (χ0n) is 9.67. The largest absolute Gasteiger partial charge is 0.355 e. The van der Waals surface area contributed by atoms with Crippen LogP contribution in [0.15, 0.2) is 24.3 Å². The van der Waals surface area contributed by atoms with Crippen LogP contribution in [0.1, 0.15) is 24.5 Å². The third-order valence-corrected chi connectivity index (χ3v) is 2.22. The van der Waals surface area contributed by atoms with Gasteiger partial charge in [-0.25, -0.2) is 8.78 Å². The van der Waals surface area contributed by atoms with Gasteiger partial charge in [0.1, 0.15) is 0 Å². The van der Waals surface area contributed by atoms with E-state index >= 15 is 0 Å². The molecule has 1 rings (SSSR count). The fourth-order valence-corrected chi connectivity index (χ4v) is 1.36. The second-order valence-corrected chi connectivity index (χ2v) is 3.60. The van der Waals surface area contributed by atoms with Gasteiger partial charge in [0, 0.05) is 18.7 Å². The van der Waals surface area contributed by atoms with Crippen molar-refractivity contribution in [2.45, 2.75) is 19.9 Å². The highest BCUT2D eigenvalue weighted by Gasteiger charge is 2.05. The van der Waals surface area contributed by atoms with Gasteiger partial charge in [-0.15, -0.1) is 0 Å². The van der Waals surface area contributed by atoms with Gasteiger partial charge in [-0.05, 0) is 12.5 Å². The first-order valence-electron chi connectivity index (χ1n) is 5.48. The molecule has 0 spiro atoms. The summed E-state index contributed by atoms with van der Waals surface area (Å²) >= 11 is 0. The van der Waals surface area contributed by atoms with Crippen LogP contribution in [0.5, 0.6) is 0 Å². The summed E-state index contributed by atoms with van der Waals surface area (Å²) in [5, 5.41) is 5.59. The van der Waals surface area contributed by atoms with Crippen molar-refractivity contribution >= 4 is 5.91 Å². The molecule has 94 valence electrons. The number of carbonyl (C=O) groups excluding carboxylic acids is 1. The molecule has 0 heterocycles. The number of halogens is 2. The van der Waals surface area contributed by atoms with E-state index in [2.05, 4.69) is 10.6 Å². The van der Waals surface area contributed by atoms with Crippen LogP contribution < -0.4 is 10.6 Å². The Hall–Kier alpha value is -1.49. The van der Waals surface area contributed by atoms with Crippen LogP contribution in [0.2, 0.25) is 0 Å². The molecular formula is C12H16F2N2O. The molecule has 0 aliphatic carbocycles. The van der Waals surface area contributed by atoms with Gasteiger partial charge in [-0.3, -0.25) is 4.79 Å². The predicted molar refractivity (Wildman–Crippen MR) is 61.8 cm³/mol. The number of alkyl halides is 2. The Morgan fingerprint density at radius 2 is 1.94 bits per heavy atom. The molecule has 1 aromatic carbocycles. The Morgan fingerprint density at radius 3 is 2.47 bits per heavy atom. The third kappa shape index (κ3) is 4.91. The summed E-state index contributed by atoms with van der Waals surface area (Å²) in [7, 11) is 0. The van der Waals surface area contributed by atoms with Crippen molar-refractivity contribution in [3.05, 3.63) is 35.4 Å². The van der Waals surface area contributed by atoms with E-state index in [1.807, 2.05) is 6.92 Å². The standard InChI is InChI=1S/C12H16F2N2O/c1-2-16-11(17)8-15-7-9-3-5-10(6-4-9)12(13)14/h3-6,12,15H,2,7-8H2,1H3,(H,16,17). The molecule has 0 atom stereocenters. The van der Waals surface area contributed by atoms with Crippen LogP contribution >= 0.6 is 0 Å². The van der Waals surface area contributed by atoms with Gasteiger partial charge in [0.2, 0.25) is 5.91 Å². The van der Waals surface area contributed by atoms with E-state index in [4.69, 9.17) is 0 Å². The molecule has 0 fully saturated rings. The zero-order valence-corrected chi connectivity index (χ0v) is 9.67. The quantitative estimate of drug-likeness (QED) is 0.799. The molecule has 0 aliphatic heterocycles. The van der Waals surface area contributed by atoms with Crippen molar-refractivity contribution in [1.29, 1.82) is 0 Å². The second-order valence-electron chi connectivity index (χ2n) is 3.60. The minimum atomic E-state index is -2.44. The molecule has 0 unspecified atom stereocenters. The van der Waals surface area contributed by atoms with E-state index in [0.717, 1.165) is 5.56 Å². The van der Waals surface area contributed by atoms with Crippen molar-refractivity contribution in [2.24, 2.45) is 0 Å². The van der Waals surface area contributed by atoms with Crippen molar-refractivity contribution in [2.75, 3.05) is 13.1 Å². The van der Waals surface area contributed by atoms with Gasteiger partial charge >= 0.3 is 0 Å². The van der Waals surface area contributed by atoms with E-state index in [-0.39, 0.29) is 18.0 Å². The van der Waals surface area contributed by atoms with E-state index in [1.165, 1.54) is 12.1 Å². The van der Waals surface area contributed by atoms with E-state index < -0.39 is 6.43 Å². The molecule has 0 saturated heterocycles. The molecule has 1 aromatic rings. The van der Waals surface area contributed by atoms with Crippen LogP contribution in [0.4, 0.5) is 8.78 Å². The first-order chi connectivity index (χ1) is 8.13. The number of amides is 1. The topological polar surface area (TPSA) is 41.1 Å². The minimum Gasteiger partial charge on any atom is -0.355 e. The SMILES string of the molecule is CCNC(=O)CNCc1ccc(C(F)F)cc1. The Morgan fingerprint density at radius 1 is 1.29 bits per heavy atom. The number of likely N-dealkylation sites (N-methyl/N-ethyl adjacent to an activating group) is 1. The summed E-state index contributed by atoms with van der Waals surface area (Å²) in [6.45, 7) is 3.16. The number of hydrogen-bond acceptors (Lipinski definition) is 2. The number of benzene rings is 1. The summed E-state index contributed by atoms with van der Waals surface area (Å²) in [5.74, 6) is -0.0725. The highest BCUT2D eigenvalue weighted by molar-refractivity contribution is 5.77. The van der Waals surface area contributed by atoms with Gasteiger partial charge in [0.25, 0.3) is 6.43 Å². The highest BCUT2D eigenvalue weighted by Crippen LogP contribution is 2.18. The summed E-state index contributed by atoms with van der Waals surface area (Å²) in [6, 6.07) is 6.06. The maximum atomic E-state index is 12.3. The first-order valence-corrected chi connectivity index (χ1v) is 5.48. The van der Waals surface area contributed by atoms with E-state index in [0.29, 0.717) is 13.1 Å². The van der Waals surface area contributed by atoms with Crippen molar-refractivity contribution < 1.29 is 13.6 Å². The maximum Gasteiger partial charge on any atom is 0.263 e. The molecule has 0 radical (unpaired) electrons. The second kappa shape index (κ2) is 6.96. The van der Waals surface area contributed by atoms with Gasteiger partial charge in [0.05, 0.1) is 6.54 Å². The zero-order chi connectivity index (χ0) is 12.7. The molecule has 1 amide bonds. The smallest absolute Gasteiger partial charge is 0.263 e. The lowest BCUT2D eigenvalue weighted by Gasteiger charge is -2.06. The van der Waals surface area contributed by atoms with Crippen LogP contribution in [0, 0.1) is 0 Å². The Kier molecular flexibility index (Phi) is 5.56. The van der Waals surface area contributed by atoms with E-state index in [1.54, 1.807) is 12.1 Å². The normalized spacial score (nSPS) is 10.6. The predicted octanol–water partition coefficient (Wildman–Crippen LogP) is 1.85. The summed E-state index contributed by atoms with van der Waals surface area (Å²) < 4.78 is 24.5. The molecule has 2 N–H and O–H groups in total. The van der Waals surface area contributed by atoms with Crippen LogP contribution in [0.3, 0.4) is 0 Å². The fourth-order valence-electron chi connectivity index (χ4n) is 1.36. The van der Waals surface area contributed by atoms with Gasteiger partial charge in [0.15, 0.2) is 0 Å². The third-order valence-electron chi connectivity index (χ3n) is 2.22.